The first-order valence-corrected chi connectivity index (χ1v) is 7.24. The standard InChI is InChI=1S/C16H14N6O2/c1-23-13-6-4-9(8-14(13)24-2)15-11-7-10(16-19-21-22-20-16)3-5-12(11)17-18-15/h3-8H,1-2H3,(H,17,18)(H,19,20,21,22). The Kier molecular flexibility index (Phi) is 3.34. The van der Waals surface area contributed by atoms with Crippen LogP contribution in [0.3, 0.4) is 0 Å². The summed E-state index contributed by atoms with van der Waals surface area (Å²) in [5, 5.41) is 22.5. The number of hydrogen-bond donors (Lipinski definition) is 2. The minimum atomic E-state index is 0.538. The molecule has 0 saturated carbocycles. The van der Waals surface area contributed by atoms with Crippen LogP contribution in [0.4, 0.5) is 0 Å². The molecule has 0 saturated heterocycles. The van der Waals surface area contributed by atoms with Crippen molar-refractivity contribution in [2.75, 3.05) is 14.2 Å². The fourth-order valence-electron chi connectivity index (χ4n) is 2.64. The van der Waals surface area contributed by atoms with Crippen molar-refractivity contribution in [1.29, 1.82) is 0 Å². The summed E-state index contributed by atoms with van der Waals surface area (Å²) in [5.74, 6) is 1.87. The number of ether oxygens (including phenoxy) is 2. The second kappa shape index (κ2) is 5.65. The molecule has 4 rings (SSSR count). The van der Waals surface area contributed by atoms with E-state index in [9.17, 15) is 0 Å². The first-order valence-electron chi connectivity index (χ1n) is 7.24. The van der Waals surface area contributed by atoms with E-state index in [1.165, 1.54) is 0 Å². The van der Waals surface area contributed by atoms with Crippen molar-refractivity contribution in [1.82, 2.24) is 30.8 Å². The number of tetrazole rings is 1. The summed E-state index contributed by atoms with van der Waals surface area (Å²) in [6.45, 7) is 0. The quantitative estimate of drug-likeness (QED) is 0.598. The SMILES string of the molecule is COc1ccc(-c2n[nH]c3ccc(-c4nn[nH]n4)cc23)cc1OC. The van der Waals surface area contributed by atoms with Gasteiger partial charge in [-0.05, 0) is 41.6 Å². The van der Waals surface area contributed by atoms with Crippen LogP contribution in [0.15, 0.2) is 36.4 Å². The van der Waals surface area contributed by atoms with Gasteiger partial charge in [0.15, 0.2) is 11.5 Å². The van der Waals surface area contributed by atoms with E-state index in [2.05, 4.69) is 30.8 Å². The number of hydrogen-bond acceptors (Lipinski definition) is 6. The Bertz CT molecular complexity index is 993. The fraction of sp³-hybridized carbons (Fsp3) is 0.125. The number of rotatable bonds is 4. The molecule has 0 bridgehead atoms. The van der Waals surface area contributed by atoms with Crippen molar-refractivity contribution in [3.8, 4) is 34.1 Å². The fourth-order valence-corrected chi connectivity index (χ4v) is 2.64. The van der Waals surface area contributed by atoms with Crippen molar-refractivity contribution in [3.63, 3.8) is 0 Å². The van der Waals surface area contributed by atoms with Crippen LogP contribution in [0.2, 0.25) is 0 Å². The third-order valence-corrected chi connectivity index (χ3v) is 3.82. The number of fused-ring (bicyclic) bond motifs is 1. The number of methoxy groups -OCH3 is 2. The highest BCUT2D eigenvalue weighted by molar-refractivity contribution is 5.95. The summed E-state index contributed by atoms with van der Waals surface area (Å²) >= 11 is 0. The highest BCUT2D eigenvalue weighted by atomic mass is 16.5. The van der Waals surface area contributed by atoms with Gasteiger partial charge >= 0.3 is 0 Å². The average molecular weight is 322 g/mol. The Morgan fingerprint density at radius 2 is 1.71 bits per heavy atom. The maximum Gasteiger partial charge on any atom is 0.204 e. The maximum absolute atomic E-state index is 5.37. The van der Waals surface area contributed by atoms with Gasteiger partial charge in [-0.25, -0.2) is 0 Å². The molecule has 120 valence electrons. The molecular weight excluding hydrogens is 308 g/mol. The van der Waals surface area contributed by atoms with Crippen LogP contribution in [0.5, 0.6) is 11.5 Å². The lowest BCUT2D eigenvalue weighted by Crippen LogP contribution is -1.91. The smallest absolute Gasteiger partial charge is 0.204 e. The van der Waals surface area contributed by atoms with Gasteiger partial charge in [0.2, 0.25) is 5.82 Å². The Labute approximate surface area is 136 Å². The molecule has 0 spiro atoms. The van der Waals surface area contributed by atoms with Crippen LogP contribution in [-0.2, 0) is 0 Å². The Morgan fingerprint density at radius 3 is 2.46 bits per heavy atom. The van der Waals surface area contributed by atoms with Crippen molar-refractivity contribution in [2.45, 2.75) is 0 Å². The van der Waals surface area contributed by atoms with Crippen LogP contribution in [-0.4, -0.2) is 45.0 Å². The van der Waals surface area contributed by atoms with Gasteiger partial charge in [0.05, 0.1) is 19.7 Å². The normalized spacial score (nSPS) is 10.9. The summed E-state index contributed by atoms with van der Waals surface area (Å²) in [7, 11) is 3.22. The number of aromatic nitrogens is 6. The van der Waals surface area contributed by atoms with Gasteiger partial charge < -0.3 is 9.47 Å². The minimum Gasteiger partial charge on any atom is -0.493 e. The maximum atomic E-state index is 5.37. The summed E-state index contributed by atoms with van der Waals surface area (Å²) in [6, 6.07) is 11.5. The van der Waals surface area contributed by atoms with E-state index < -0.39 is 0 Å². The molecular formula is C16H14N6O2. The largest absolute Gasteiger partial charge is 0.493 e. The molecule has 4 aromatic rings. The summed E-state index contributed by atoms with van der Waals surface area (Å²) in [5.41, 5.74) is 3.52. The molecule has 0 radical (unpaired) electrons. The van der Waals surface area contributed by atoms with Crippen LogP contribution >= 0.6 is 0 Å². The monoisotopic (exact) mass is 322 g/mol. The predicted octanol–water partition coefficient (Wildman–Crippen LogP) is 2.43. The topological polar surface area (TPSA) is 102 Å². The zero-order chi connectivity index (χ0) is 16.5. The van der Waals surface area contributed by atoms with Gasteiger partial charge in [0.25, 0.3) is 0 Å². The highest BCUT2D eigenvalue weighted by Gasteiger charge is 2.13. The van der Waals surface area contributed by atoms with Crippen molar-refractivity contribution in [3.05, 3.63) is 36.4 Å². The molecule has 8 heteroatoms. The molecule has 0 atom stereocenters. The van der Waals surface area contributed by atoms with Gasteiger partial charge in [-0.15, -0.1) is 10.2 Å². The molecule has 8 nitrogen and oxygen atoms in total. The Balaban J connectivity index is 1.86. The van der Waals surface area contributed by atoms with Crippen LogP contribution in [0.1, 0.15) is 0 Å². The van der Waals surface area contributed by atoms with Gasteiger partial charge in [-0.2, -0.15) is 10.3 Å². The van der Waals surface area contributed by atoms with Crippen LogP contribution < -0.4 is 9.47 Å². The van der Waals surface area contributed by atoms with E-state index in [0.717, 1.165) is 27.7 Å². The molecule has 0 amide bonds. The van der Waals surface area contributed by atoms with Gasteiger partial charge in [0, 0.05) is 16.5 Å². The van der Waals surface area contributed by atoms with E-state index in [1.807, 2.05) is 36.4 Å². The highest BCUT2D eigenvalue weighted by Crippen LogP contribution is 2.35. The van der Waals surface area contributed by atoms with Crippen molar-refractivity contribution in [2.24, 2.45) is 0 Å². The lowest BCUT2D eigenvalue weighted by atomic mass is 10.0. The third-order valence-electron chi connectivity index (χ3n) is 3.82. The second-order valence-electron chi connectivity index (χ2n) is 5.14. The molecule has 2 heterocycles. The number of H-pyrrole nitrogens is 2. The number of aromatic amines is 2. The molecule has 2 aromatic heterocycles. The lowest BCUT2D eigenvalue weighted by Gasteiger charge is -2.08. The number of nitrogens with one attached hydrogen (secondary N) is 2. The first kappa shape index (κ1) is 14.2. The summed E-state index contributed by atoms with van der Waals surface area (Å²) in [6.07, 6.45) is 0. The van der Waals surface area contributed by atoms with Gasteiger partial charge in [-0.3, -0.25) is 5.10 Å². The number of benzene rings is 2. The third kappa shape index (κ3) is 2.24. The summed E-state index contributed by atoms with van der Waals surface area (Å²) < 4.78 is 10.7. The van der Waals surface area contributed by atoms with Crippen LogP contribution in [0, 0.1) is 0 Å². The second-order valence-corrected chi connectivity index (χ2v) is 5.14. The molecule has 2 aromatic carbocycles. The van der Waals surface area contributed by atoms with E-state index in [-0.39, 0.29) is 0 Å². The van der Waals surface area contributed by atoms with Crippen LogP contribution in [0.25, 0.3) is 33.5 Å². The predicted molar refractivity (Wildman–Crippen MR) is 87.8 cm³/mol. The molecule has 0 aliphatic heterocycles. The van der Waals surface area contributed by atoms with Gasteiger partial charge in [-0.1, -0.05) is 0 Å². The Morgan fingerprint density at radius 1 is 0.875 bits per heavy atom. The zero-order valence-corrected chi connectivity index (χ0v) is 13.1. The van der Waals surface area contributed by atoms with Crippen molar-refractivity contribution >= 4 is 10.9 Å². The van der Waals surface area contributed by atoms with Crippen molar-refractivity contribution < 1.29 is 9.47 Å². The van der Waals surface area contributed by atoms with E-state index in [4.69, 9.17) is 9.47 Å². The average Bonchev–Trinajstić information content (AvgIpc) is 3.30. The van der Waals surface area contributed by atoms with E-state index >= 15 is 0 Å². The molecule has 2 N–H and O–H groups in total. The van der Waals surface area contributed by atoms with E-state index in [0.29, 0.717) is 17.3 Å². The first-order chi connectivity index (χ1) is 11.8. The molecule has 0 fully saturated rings. The molecule has 0 aliphatic rings. The van der Waals surface area contributed by atoms with Gasteiger partial charge in [0.1, 0.15) is 5.69 Å². The Hall–Kier alpha value is -3.42. The molecule has 0 unspecified atom stereocenters. The zero-order valence-electron chi connectivity index (χ0n) is 13.1. The number of nitrogens with zero attached hydrogens (tertiary/aromatic N) is 4. The lowest BCUT2D eigenvalue weighted by molar-refractivity contribution is 0.355. The molecule has 0 aliphatic carbocycles. The van der Waals surface area contributed by atoms with E-state index in [1.54, 1.807) is 14.2 Å². The summed E-state index contributed by atoms with van der Waals surface area (Å²) in [4.78, 5) is 0. The minimum absolute atomic E-state index is 0.538. The molecule has 24 heavy (non-hydrogen) atoms.